The molecule has 0 bridgehead atoms. The van der Waals surface area contributed by atoms with Crippen molar-refractivity contribution < 1.29 is 18.9 Å². The summed E-state index contributed by atoms with van der Waals surface area (Å²) in [6, 6.07) is 11.2. The van der Waals surface area contributed by atoms with Crippen LogP contribution in [0.1, 0.15) is 70.3 Å². The van der Waals surface area contributed by atoms with E-state index >= 15 is 0 Å². The molecule has 0 aliphatic heterocycles. The molecular weight excluding hydrogens is 383 g/mol. The maximum absolute atomic E-state index is 13.5. The summed E-state index contributed by atoms with van der Waals surface area (Å²) in [6.07, 6.45) is 2.88. The van der Waals surface area contributed by atoms with E-state index in [0.29, 0.717) is 26.9 Å². The van der Waals surface area contributed by atoms with Gasteiger partial charge in [-0.1, -0.05) is 56.2 Å². The Hall–Kier alpha value is -2.19. The van der Waals surface area contributed by atoms with Gasteiger partial charge in [-0.15, -0.1) is 0 Å². The van der Waals surface area contributed by atoms with Crippen LogP contribution in [0.15, 0.2) is 36.4 Å². The largest absolute Gasteiger partial charge is 0.465 e. The standard InChI is InChI=1S/C24H30O3.H3OP/c1-6-7-11-14-27-24(26)22(20-12-9-8-10-13-20)23(25)21-17(3)15-16(2)18(4)19(21)5;1-2/h8-10,12-13,15,22H,6-7,11,14H2,1-5H3;2H3. The third-order valence-electron chi connectivity index (χ3n) is 5.23. The highest BCUT2D eigenvalue weighted by molar-refractivity contribution is 7.00. The van der Waals surface area contributed by atoms with Crippen LogP contribution in [-0.2, 0) is 14.1 Å². The molecule has 0 aliphatic rings. The quantitative estimate of drug-likeness (QED) is 0.186. The first-order valence-corrected chi connectivity index (χ1v) is 10.6. The summed E-state index contributed by atoms with van der Waals surface area (Å²) in [5, 5.41) is 0. The van der Waals surface area contributed by atoms with Gasteiger partial charge in [0.1, 0.15) is 5.92 Å². The van der Waals surface area contributed by atoms with E-state index in [9.17, 15) is 9.59 Å². The van der Waals surface area contributed by atoms with Gasteiger partial charge in [-0.3, -0.25) is 9.59 Å². The number of aryl methyl sites for hydroxylation is 2. The molecule has 0 amide bonds. The van der Waals surface area contributed by atoms with Crippen LogP contribution in [0.4, 0.5) is 0 Å². The van der Waals surface area contributed by atoms with E-state index in [1.165, 1.54) is 0 Å². The molecule has 0 aromatic heterocycles. The summed E-state index contributed by atoms with van der Waals surface area (Å²) in [7, 11) is 0.611. The number of carbonyl (C=O) groups excluding carboxylic acids is 2. The Morgan fingerprint density at radius 3 is 2.14 bits per heavy atom. The van der Waals surface area contributed by atoms with Gasteiger partial charge in [-0.2, -0.15) is 0 Å². The van der Waals surface area contributed by atoms with E-state index in [4.69, 9.17) is 9.30 Å². The van der Waals surface area contributed by atoms with Gasteiger partial charge in [0, 0.05) is 5.56 Å². The number of Topliss-reactive ketones (excluding diaryl/α,β-unsaturated/α-hetero) is 1. The zero-order chi connectivity index (χ0) is 22.0. The Kier molecular flexibility index (Phi) is 10.6. The van der Waals surface area contributed by atoms with Crippen LogP contribution in [0.5, 0.6) is 0 Å². The lowest BCUT2D eigenvalue weighted by Gasteiger charge is -2.20. The number of rotatable bonds is 8. The summed E-state index contributed by atoms with van der Waals surface area (Å²) < 4.78 is 13.8. The normalized spacial score (nSPS) is 11.3. The van der Waals surface area contributed by atoms with E-state index in [-0.39, 0.29) is 5.78 Å². The van der Waals surface area contributed by atoms with E-state index in [1.54, 1.807) is 0 Å². The SMILES string of the molecule is CCCCCOC(=O)C(C(=O)c1c(C)cc(C)c(C)c1C)c1ccccc1.O=[PH3]. The van der Waals surface area contributed by atoms with Gasteiger partial charge in [0.25, 0.3) is 0 Å². The van der Waals surface area contributed by atoms with Crippen LogP contribution in [0.3, 0.4) is 0 Å². The molecule has 0 aliphatic carbocycles. The fourth-order valence-corrected chi connectivity index (χ4v) is 3.46. The highest BCUT2D eigenvalue weighted by Crippen LogP contribution is 2.29. The van der Waals surface area contributed by atoms with Crippen molar-refractivity contribution in [3.8, 4) is 0 Å². The predicted octanol–water partition coefficient (Wildman–Crippen LogP) is 5.56. The van der Waals surface area contributed by atoms with Gasteiger partial charge >= 0.3 is 5.97 Å². The summed E-state index contributed by atoms with van der Waals surface area (Å²) in [4.78, 5) is 26.3. The fourth-order valence-electron chi connectivity index (χ4n) is 3.46. The maximum atomic E-state index is 13.5. The molecule has 0 spiro atoms. The number of ether oxygens (including phenoxy) is 1. The van der Waals surface area contributed by atoms with Crippen LogP contribution in [0.25, 0.3) is 0 Å². The number of hydrogen-bond donors (Lipinski definition) is 0. The Morgan fingerprint density at radius 1 is 0.931 bits per heavy atom. The lowest BCUT2D eigenvalue weighted by atomic mass is 9.84. The highest BCUT2D eigenvalue weighted by Gasteiger charge is 2.32. The van der Waals surface area contributed by atoms with Gasteiger partial charge in [0.05, 0.1) is 15.7 Å². The molecule has 158 valence electrons. The molecule has 0 radical (unpaired) electrons. The summed E-state index contributed by atoms with van der Waals surface area (Å²) in [5.41, 5.74) is 5.40. The molecule has 2 atom stereocenters. The minimum absolute atomic E-state index is 0.181. The molecule has 2 aromatic carbocycles. The van der Waals surface area contributed by atoms with E-state index in [0.717, 1.165) is 41.5 Å². The first-order valence-electron chi connectivity index (χ1n) is 10.0. The Labute approximate surface area is 176 Å². The van der Waals surface area contributed by atoms with Crippen molar-refractivity contribution in [2.45, 2.75) is 59.8 Å². The van der Waals surface area contributed by atoms with Gasteiger partial charge in [0.2, 0.25) is 0 Å². The summed E-state index contributed by atoms with van der Waals surface area (Å²) >= 11 is 0. The molecule has 0 N–H and O–H groups in total. The molecule has 2 rings (SSSR count). The lowest BCUT2D eigenvalue weighted by Crippen LogP contribution is -2.26. The lowest BCUT2D eigenvalue weighted by molar-refractivity contribution is -0.144. The van der Waals surface area contributed by atoms with Gasteiger partial charge in [-0.05, 0) is 61.9 Å². The van der Waals surface area contributed by atoms with Crippen molar-refractivity contribution in [1.82, 2.24) is 0 Å². The average Bonchev–Trinajstić information content (AvgIpc) is 2.72. The number of carbonyl (C=O) groups is 2. The molecule has 4 nitrogen and oxygen atoms in total. The van der Waals surface area contributed by atoms with E-state index in [2.05, 4.69) is 6.92 Å². The molecule has 29 heavy (non-hydrogen) atoms. The molecule has 0 heterocycles. The van der Waals surface area contributed by atoms with Gasteiger partial charge in [-0.25, -0.2) is 0 Å². The zero-order valence-electron chi connectivity index (χ0n) is 18.2. The molecule has 2 unspecified atom stereocenters. The topological polar surface area (TPSA) is 60.4 Å². The number of hydrogen-bond acceptors (Lipinski definition) is 4. The molecule has 0 saturated heterocycles. The second kappa shape index (κ2) is 12.4. The number of ketones is 1. The maximum Gasteiger partial charge on any atom is 0.321 e. The average molecular weight is 416 g/mol. The minimum atomic E-state index is -0.924. The van der Waals surface area contributed by atoms with Crippen LogP contribution in [-0.4, -0.2) is 18.4 Å². The monoisotopic (exact) mass is 416 g/mol. The fraction of sp³-hybridized carbons (Fsp3) is 0.417. The Balaban J connectivity index is 0.00000204. The smallest absolute Gasteiger partial charge is 0.321 e. The molecule has 0 fully saturated rings. The summed E-state index contributed by atoms with van der Waals surface area (Å²) in [5.74, 6) is -1.56. The van der Waals surface area contributed by atoms with Crippen LogP contribution in [0.2, 0.25) is 0 Å². The van der Waals surface area contributed by atoms with Crippen molar-refractivity contribution in [1.29, 1.82) is 0 Å². The molecule has 0 saturated carbocycles. The van der Waals surface area contributed by atoms with Crippen molar-refractivity contribution in [3.63, 3.8) is 0 Å². The first-order chi connectivity index (χ1) is 13.9. The third kappa shape index (κ3) is 6.40. The first kappa shape index (κ1) is 24.8. The van der Waals surface area contributed by atoms with Crippen molar-refractivity contribution in [3.05, 3.63) is 69.8 Å². The zero-order valence-corrected chi connectivity index (χ0v) is 19.6. The van der Waals surface area contributed by atoms with Crippen molar-refractivity contribution >= 4 is 20.9 Å². The number of benzene rings is 2. The minimum Gasteiger partial charge on any atom is -0.465 e. The molecule has 5 heteroatoms. The Bertz CT molecular complexity index is 831. The highest BCUT2D eigenvalue weighted by atomic mass is 31.0. The molecular formula is C24H33O4P. The van der Waals surface area contributed by atoms with Crippen LogP contribution < -0.4 is 0 Å². The van der Waals surface area contributed by atoms with Crippen LogP contribution in [0, 0.1) is 27.7 Å². The van der Waals surface area contributed by atoms with Crippen molar-refractivity contribution in [2.75, 3.05) is 6.61 Å². The second-order valence-corrected chi connectivity index (χ2v) is 7.22. The predicted molar refractivity (Wildman–Crippen MR) is 121 cm³/mol. The second-order valence-electron chi connectivity index (χ2n) is 7.22. The van der Waals surface area contributed by atoms with Crippen molar-refractivity contribution in [2.24, 2.45) is 0 Å². The van der Waals surface area contributed by atoms with Gasteiger partial charge < -0.3 is 9.30 Å². The summed E-state index contributed by atoms with van der Waals surface area (Å²) in [6.45, 7) is 10.4. The molecule has 2 aromatic rings. The van der Waals surface area contributed by atoms with E-state index in [1.807, 2.05) is 64.1 Å². The third-order valence-corrected chi connectivity index (χ3v) is 5.23. The van der Waals surface area contributed by atoms with Gasteiger partial charge in [0.15, 0.2) is 5.78 Å². The number of unbranched alkanes of at least 4 members (excludes halogenated alkanes) is 2. The Morgan fingerprint density at radius 2 is 1.55 bits per heavy atom. The van der Waals surface area contributed by atoms with E-state index < -0.39 is 11.9 Å². The number of esters is 1. The van der Waals surface area contributed by atoms with Crippen LogP contribution >= 0.6 is 9.12 Å².